The zero-order valence-corrected chi connectivity index (χ0v) is 12.1. The van der Waals surface area contributed by atoms with E-state index in [1.165, 1.54) is 0 Å². The number of imidazole rings is 1. The molecule has 2 heterocycles. The molecular formula is C14H12ClN3OS. The summed E-state index contributed by atoms with van der Waals surface area (Å²) in [6.07, 6.45) is 3.78. The van der Waals surface area contributed by atoms with Crippen LogP contribution in [-0.2, 0) is 16.6 Å². The van der Waals surface area contributed by atoms with Crippen molar-refractivity contribution in [3.8, 4) is 0 Å². The molecule has 1 atom stereocenters. The molecule has 0 radical (unpaired) electrons. The van der Waals surface area contributed by atoms with Crippen LogP contribution in [0.15, 0.2) is 53.7 Å². The van der Waals surface area contributed by atoms with Crippen molar-refractivity contribution in [2.24, 2.45) is 0 Å². The van der Waals surface area contributed by atoms with Gasteiger partial charge in [0, 0.05) is 18.1 Å². The predicted octanol–water partition coefficient (Wildman–Crippen LogP) is 2.88. The molecule has 3 rings (SSSR count). The van der Waals surface area contributed by atoms with Gasteiger partial charge in [0.05, 0.1) is 32.2 Å². The van der Waals surface area contributed by atoms with Crippen LogP contribution >= 0.6 is 11.6 Å². The number of halogens is 1. The Hall–Kier alpha value is -1.85. The third kappa shape index (κ3) is 2.55. The highest BCUT2D eigenvalue weighted by Crippen LogP contribution is 2.24. The molecule has 1 unspecified atom stereocenters. The zero-order valence-electron chi connectivity index (χ0n) is 10.5. The standard InChI is InChI=1S/C14H12ClN3OS/c15-12-7-10(16)4-5-13(12)20(19)9-11-8-18-6-2-1-3-14(18)17-11/h1-8H,9,16H2. The third-order valence-electron chi connectivity index (χ3n) is 2.89. The van der Waals surface area contributed by atoms with Crippen molar-refractivity contribution in [1.82, 2.24) is 9.38 Å². The number of anilines is 1. The fourth-order valence-corrected chi connectivity index (χ4v) is 3.48. The first-order chi connectivity index (χ1) is 9.63. The normalized spacial score (nSPS) is 12.7. The molecule has 1 aromatic carbocycles. The molecule has 20 heavy (non-hydrogen) atoms. The predicted molar refractivity (Wildman–Crippen MR) is 81.2 cm³/mol. The Balaban J connectivity index is 1.88. The lowest BCUT2D eigenvalue weighted by Gasteiger charge is -2.03. The SMILES string of the molecule is Nc1ccc(S(=O)Cc2cn3ccccc3n2)c(Cl)c1. The summed E-state index contributed by atoms with van der Waals surface area (Å²) < 4.78 is 14.3. The number of hydrogen-bond donors (Lipinski definition) is 1. The molecule has 4 nitrogen and oxygen atoms in total. The molecule has 0 aliphatic rings. The first-order valence-corrected chi connectivity index (χ1v) is 7.69. The maximum atomic E-state index is 12.4. The number of nitrogens with zero attached hydrogens (tertiary/aromatic N) is 2. The van der Waals surface area contributed by atoms with E-state index in [0.29, 0.717) is 21.4 Å². The van der Waals surface area contributed by atoms with Gasteiger partial charge in [0.25, 0.3) is 0 Å². The molecule has 0 fully saturated rings. The Bertz CT molecular complexity index is 767. The number of hydrogen-bond acceptors (Lipinski definition) is 3. The minimum Gasteiger partial charge on any atom is -0.399 e. The molecule has 0 aliphatic carbocycles. The highest BCUT2D eigenvalue weighted by atomic mass is 35.5. The Kier molecular flexibility index (Phi) is 3.46. The summed E-state index contributed by atoms with van der Waals surface area (Å²) in [5, 5.41) is 0.423. The van der Waals surface area contributed by atoms with Gasteiger partial charge in [0.1, 0.15) is 5.65 Å². The van der Waals surface area contributed by atoms with E-state index in [1.54, 1.807) is 18.2 Å². The summed E-state index contributed by atoms with van der Waals surface area (Å²) in [6.45, 7) is 0. The van der Waals surface area contributed by atoms with E-state index in [4.69, 9.17) is 17.3 Å². The maximum Gasteiger partial charge on any atom is 0.137 e. The van der Waals surface area contributed by atoms with Crippen molar-refractivity contribution in [2.45, 2.75) is 10.6 Å². The van der Waals surface area contributed by atoms with E-state index in [2.05, 4.69) is 4.98 Å². The number of nitrogens with two attached hydrogens (primary N) is 1. The molecule has 0 aliphatic heterocycles. The van der Waals surface area contributed by atoms with Gasteiger partial charge in [-0.25, -0.2) is 4.98 Å². The van der Waals surface area contributed by atoms with Crippen LogP contribution in [-0.4, -0.2) is 13.6 Å². The van der Waals surface area contributed by atoms with Gasteiger partial charge in [0.2, 0.25) is 0 Å². The van der Waals surface area contributed by atoms with Gasteiger partial charge in [-0.2, -0.15) is 0 Å². The second-order valence-corrected chi connectivity index (χ2v) is 6.20. The molecule has 2 aromatic heterocycles. The van der Waals surface area contributed by atoms with Crippen LogP contribution in [0.5, 0.6) is 0 Å². The molecule has 102 valence electrons. The van der Waals surface area contributed by atoms with Crippen LogP contribution in [0.25, 0.3) is 5.65 Å². The van der Waals surface area contributed by atoms with E-state index in [0.717, 1.165) is 11.3 Å². The fraction of sp³-hybridized carbons (Fsp3) is 0.0714. The van der Waals surface area contributed by atoms with Crippen molar-refractivity contribution in [3.05, 3.63) is 59.5 Å². The van der Waals surface area contributed by atoms with E-state index in [9.17, 15) is 4.21 Å². The molecule has 0 bridgehead atoms. The fourth-order valence-electron chi connectivity index (χ4n) is 1.97. The van der Waals surface area contributed by atoms with Crippen molar-refractivity contribution in [2.75, 3.05) is 5.73 Å². The topological polar surface area (TPSA) is 60.4 Å². The monoisotopic (exact) mass is 305 g/mol. The van der Waals surface area contributed by atoms with Gasteiger partial charge in [0.15, 0.2) is 0 Å². The number of aromatic nitrogens is 2. The van der Waals surface area contributed by atoms with Crippen LogP contribution in [0.3, 0.4) is 0 Å². The van der Waals surface area contributed by atoms with Gasteiger partial charge < -0.3 is 10.1 Å². The smallest absolute Gasteiger partial charge is 0.137 e. The second kappa shape index (κ2) is 5.26. The zero-order chi connectivity index (χ0) is 14.1. The summed E-state index contributed by atoms with van der Waals surface area (Å²) in [4.78, 5) is 5.01. The van der Waals surface area contributed by atoms with Crippen molar-refractivity contribution < 1.29 is 4.21 Å². The molecule has 0 amide bonds. The Morgan fingerprint density at radius 1 is 1.30 bits per heavy atom. The summed E-state index contributed by atoms with van der Waals surface area (Å²) in [5.74, 6) is 0.325. The van der Waals surface area contributed by atoms with Crippen molar-refractivity contribution >= 4 is 33.7 Å². The van der Waals surface area contributed by atoms with Crippen molar-refractivity contribution in [3.63, 3.8) is 0 Å². The Labute approximate surface area is 123 Å². The summed E-state index contributed by atoms with van der Waals surface area (Å²) in [6, 6.07) is 10.7. The average molecular weight is 306 g/mol. The lowest BCUT2D eigenvalue weighted by Crippen LogP contribution is -1.98. The first kappa shape index (κ1) is 13.1. The van der Waals surface area contributed by atoms with Crippen molar-refractivity contribution in [1.29, 1.82) is 0 Å². The summed E-state index contributed by atoms with van der Waals surface area (Å²) >= 11 is 6.07. The lowest BCUT2D eigenvalue weighted by molar-refractivity contribution is 0.682. The van der Waals surface area contributed by atoms with Crippen LogP contribution < -0.4 is 5.73 Å². The summed E-state index contributed by atoms with van der Waals surface area (Å²) in [5.41, 5.74) is 7.79. The number of benzene rings is 1. The molecule has 0 spiro atoms. The van der Waals surface area contributed by atoms with E-state index in [1.807, 2.05) is 35.0 Å². The molecule has 0 saturated carbocycles. The van der Waals surface area contributed by atoms with Gasteiger partial charge >= 0.3 is 0 Å². The highest BCUT2D eigenvalue weighted by Gasteiger charge is 2.12. The van der Waals surface area contributed by atoms with E-state index >= 15 is 0 Å². The van der Waals surface area contributed by atoms with E-state index in [-0.39, 0.29) is 0 Å². The number of fused-ring (bicyclic) bond motifs is 1. The van der Waals surface area contributed by atoms with Gasteiger partial charge in [-0.05, 0) is 30.3 Å². The number of rotatable bonds is 3. The summed E-state index contributed by atoms with van der Waals surface area (Å²) in [7, 11) is -1.24. The quantitative estimate of drug-likeness (QED) is 0.757. The number of nitrogen functional groups attached to an aromatic ring is 1. The van der Waals surface area contributed by atoms with Gasteiger partial charge in [-0.3, -0.25) is 4.21 Å². The Morgan fingerprint density at radius 3 is 2.90 bits per heavy atom. The lowest BCUT2D eigenvalue weighted by atomic mass is 10.3. The van der Waals surface area contributed by atoms with Crippen LogP contribution in [0.4, 0.5) is 5.69 Å². The molecule has 6 heteroatoms. The molecular weight excluding hydrogens is 294 g/mol. The van der Waals surface area contributed by atoms with Crippen LogP contribution in [0.1, 0.15) is 5.69 Å². The third-order valence-corrected chi connectivity index (χ3v) is 4.72. The molecule has 3 aromatic rings. The highest BCUT2D eigenvalue weighted by molar-refractivity contribution is 7.84. The minimum absolute atomic E-state index is 0.325. The van der Waals surface area contributed by atoms with Crippen LogP contribution in [0, 0.1) is 0 Å². The molecule has 2 N–H and O–H groups in total. The van der Waals surface area contributed by atoms with Gasteiger partial charge in [-0.15, -0.1) is 0 Å². The molecule has 0 saturated heterocycles. The first-order valence-electron chi connectivity index (χ1n) is 5.99. The maximum absolute atomic E-state index is 12.4. The van der Waals surface area contributed by atoms with Crippen LogP contribution in [0.2, 0.25) is 5.02 Å². The second-order valence-electron chi connectivity index (χ2n) is 4.38. The Morgan fingerprint density at radius 2 is 2.15 bits per heavy atom. The average Bonchev–Trinajstić information content (AvgIpc) is 2.80. The number of pyridine rings is 1. The minimum atomic E-state index is -1.24. The largest absolute Gasteiger partial charge is 0.399 e. The van der Waals surface area contributed by atoms with Gasteiger partial charge in [-0.1, -0.05) is 17.7 Å². The van der Waals surface area contributed by atoms with E-state index < -0.39 is 10.8 Å².